The van der Waals surface area contributed by atoms with Crippen molar-refractivity contribution in [2.24, 2.45) is 0 Å². The van der Waals surface area contributed by atoms with Crippen LogP contribution in [0.1, 0.15) is 13.3 Å². The van der Waals surface area contributed by atoms with E-state index in [-0.39, 0.29) is 12.5 Å². The molecule has 0 spiro atoms. The summed E-state index contributed by atoms with van der Waals surface area (Å²) in [6.07, 6.45) is 0.867. The summed E-state index contributed by atoms with van der Waals surface area (Å²) in [5, 5.41) is 7.92. The van der Waals surface area contributed by atoms with Crippen molar-refractivity contribution in [1.29, 1.82) is 0 Å². The van der Waals surface area contributed by atoms with Crippen molar-refractivity contribution in [3.63, 3.8) is 0 Å². The lowest BCUT2D eigenvalue weighted by Crippen LogP contribution is -2.39. The maximum atomic E-state index is 11.7. The average Bonchev–Trinajstić information content (AvgIpc) is 2.59. The highest BCUT2D eigenvalue weighted by molar-refractivity contribution is 5.92. The van der Waals surface area contributed by atoms with Crippen LogP contribution < -0.4 is 16.0 Å². The molecule has 3 amide bonds. The monoisotopic (exact) mass is 311 g/mol. The first-order valence-corrected chi connectivity index (χ1v) is 7.66. The molecular formula is C18H21N3O2. The van der Waals surface area contributed by atoms with Crippen LogP contribution in [0.25, 0.3) is 11.1 Å². The molecule has 0 unspecified atom stereocenters. The van der Waals surface area contributed by atoms with Gasteiger partial charge in [-0.3, -0.25) is 4.79 Å². The van der Waals surface area contributed by atoms with Gasteiger partial charge in [-0.15, -0.1) is 0 Å². The lowest BCUT2D eigenvalue weighted by atomic mass is 10.1. The van der Waals surface area contributed by atoms with E-state index in [2.05, 4.69) is 16.0 Å². The maximum absolute atomic E-state index is 11.7. The molecule has 0 fully saturated rings. The lowest BCUT2D eigenvalue weighted by molar-refractivity contribution is -0.120. The van der Waals surface area contributed by atoms with Gasteiger partial charge in [-0.25, -0.2) is 4.79 Å². The molecule has 5 nitrogen and oxygen atoms in total. The zero-order valence-corrected chi connectivity index (χ0v) is 13.1. The molecular weight excluding hydrogens is 290 g/mol. The number of urea groups is 1. The Bertz CT molecular complexity index is 639. The first kappa shape index (κ1) is 16.5. The SMILES string of the molecule is CCCNC(=O)CNC(=O)Nc1ccc(-c2ccccc2)cc1. The van der Waals surface area contributed by atoms with Gasteiger partial charge in [-0.2, -0.15) is 0 Å². The van der Waals surface area contributed by atoms with Crippen LogP contribution in [0.15, 0.2) is 54.6 Å². The molecule has 120 valence electrons. The third kappa shape index (κ3) is 5.47. The Labute approximate surface area is 136 Å². The van der Waals surface area contributed by atoms with Crippen LogP contribution in [0.3, 0.4) is 0 Å². The summed E-state index contributed by atoms with van der Waals surface area (Å²) in [4.78, 5) is 23.2. The second-order valence-electron chi connectivity index (χ2n) is 5.10. The Morgan fingerprint density at radius 1 is 0.870 bits per heavy atom. The summed E-state index contributed by atoms with van der Waals surface area (Å²) >= 11 is 0. The Morgan fingerprint density at radius 3 is 2.17 bits per heavy atom. The van der Waals surface area contributed by atoms with Crippen molar-refractivity contribution in [3.8, 4) is 11.1 Å². The fraction of sp³-hybridized carbons (Fsp3) is 0.222. The normalized spacial score (nSPS) is 9.96. The van der Waals surface area contributed by atoms with Gasteiger partial charge in [0.05, 0.1) is 6.54 Å². The summed E-state index contributed by atoms with van der Waals surface area (Å²) in [6, 6.07) is 17.2. The first-order valence-electron chi connectivity index (χ1n) is 7.66. The van der Waals surface area contributed by atoms with Gasteiger partial charge in [0, 0.05) is 12.2 Å². The number of anilines is 1. The Hall–Kier alpha value is -2.82. The number of benzene rings is 2. The molecule has 0 saturated carbocycles. The fourth-order valence-corrected chi connectivity index (χ4v) is 2.04. The lowest BCUT2D eigenvalue weighted by Gasteiger charge is -2.09. The molecule has 5 heteroatoms. The van der Waals surface area contributed by atoms with E-state index in [9.17, 15) is 9.59 Å². The van der Waals surface area contributed by atoms with E-state index in [1.165, 1.54) is 0 Å². The molecule has 0 aliphatic rings. The Kier molecular flexibility index (Phi) is 6.17. The summed E-state index contributed by atoms with van der Waals surface area (Å²) in [7, 11) is 0. The van der Waals surface area contributed by atoms with Gasteiger partial charge >= 0.3 is 6.03 Å². The number of amides is 3. The van der Waals surface area contributed by atoms with Crippen LogP contribution in [0.5, 0.6) is 0 Å². The highest BCUT2D eigenvalue weighted by Gasteiger charge is 2.05. The minimum atomic E-state index is -0.399. The summed E-state index contributed by atoms with van der Waals surface area (Å²) in [6.45, 7) is 2.55. The number of hydrogen-bond acceptors (Lipinski definition) is 2. The zero-order valence-electron chi connectivity index (χ0n) is 13.1. The van der Waals surface area contributed by atoms with Crippen LogP contribution in [0.2, 0.25) is 0 Å². The van der Waals surface area contributed by atoms with Gasteiger partial charge < -0.3 is 16.0 Å². The Morgan fingerprint density at radius 2 is 1.52 bits per heavy atom. The van der Waals surface area contributed by atoms with Gasteiger partial charge in [0.2, 0.25) is 5.91 Å². The second kappa shape index (κ2) is 8.58. The van der Waals surface area contributed by atoms with Gasteiger partial charge in [-0.1, -0.05) is 49.4 Å². The fourth-order valence-electron chi connectivity index (χ4n) is 2.04. The first-order chi connectivity index (χ1) is 11.2. The summed E-state index contributed by atoms with van der Waals surface area (Å²) in [5.74, 6) is -0.193. The number of rotatable bonds is 6. The molecule has 2 aromatic rings. The Balaban J connectivity index is 1.84. The van der Waals surface area contributed by atoms with E-state index < -0.39 is 6.03 Å². The van der Waals surface area contributed by atoms with E-state index >= 15 is 0 Å². The van der Waals surface area contributed by atoms with Crippen LogP contribution >= 0.6 is 0 Å². The van der Waals surface area contributed by atoms with Crippen molar-refractivity contribution in [2.75, 3.05) is 18.4 Å². The van der Waals surface area contributed by atoms with Crippen LogP contribution in [-0.2, 0) is 4.79 Å². The van der Waals surface area contributed by atoms with Crippen molar-refractivity contribution in [3.05, 3.63) is 54.6 Å². The zero-order chi connectivity index (χ0) is 16.5. The molecule has 0 atom stereocenters. The van der Waals surface area contributed by atoms with Crippen LogP contribution in [0, 0.1) is 0 Å². The third-order valence-corrected chi connectivity index (χ3v) is 3.23. The van der Waals surface area contributed by atoms with E-state index in [4.69, 9.17) is 0 Å². The van der Waals surface area contributed by atoms with E-state index in [0.29, 0.717) is 12.2 Å². The molecule has 2 rings (SSSR count). The molecule has 0 radical (unpaired) electrons. The molecule has 2 aromatic carbocycles. The molecule has 23 heavy (non-hydrogen) atoms. The predicted octanol–water partition coefficient (Wildman–Crippen LogP) is 3.00. The smallest absolute Gasteiger partial charge is 0.319 e. The average molecular weight is 311 g/mol. The standard InChI is InChI=1S/C18H21N3O2/c1-2-12-19-17(22)13-20-18(23)21-16-10-8-15(9-11-16)14-6-4-3-5-7-14/h3-11H,2,12-13H2,1H3,(H,19,22)(H2,20,21,23). The van der Waals surface area contributed by atoms with Crippen LogP contribution in [-0.4, -0.2) is 25.0 Å². The molecule has 0 saturated heterocycles. The number of carbonyl (C=O) groups is 2. The molecule has 0 heterocycles. The quantitative estimate of drug-likeness (QED) is 0.767. The molecule has 0 aliphatic carbocycles. The van der Waals surface area contributed by atoms with Crippen molar-refractivity contribution in [2.45, 2.75) is 13.3 Å². The van der Waals surface area contributed by atoms with Crippen molar-refractivity contribution in [1.82, 2.24) is 10.6 Å². The minimum Gasteiger partial charge on any atom is -0.355 e. The van der Waals surface area contributed by atoms with Gasteiger partial charge in [0.15, 0.2) is 0 Å². The van der Waals surface area contributed by atoms with Gasteiger partial charge in [-0.05, 0) is 29.7 Å². The van der Waals surface area contributed by atoms with E-state index in [1.807, 2.05) is 61.5 Å². The topological polar surface area (TPSA) is 70.2 Å². The van der Waals surface area contributed by atoms with E-state index in [0.717, 1.165) is 17.5 Å². The molecule has 0 aromatic heterocycles. The van der Waals surface area contributed by atoms with Crippen LogP contribution in [0.4, 0.5) is 10.5 Å². The molecule has 3 N–H and O–H groups in total. The van der Waals surface area contributed by atoms with Gasteiger partial charge in [0.25, 0.3) is 0 Å². The van der Waals surface area contributed by atoms with Crippen molar-refractivity contribution >= 4 is 17.6 Å². The number of carbonyl (C=O) groups excluding carboxylic acids is 2. The largest absolute Gasteiger partial charge is 0.355 e. The van der Waals surface area contributed by atoms with Crippen molar-refractivity contribution < 1.29 is 9.59 Å². The molecule has 0 aliphatic heterocycles. The minimum absolute atomic E-state index is 0.0338. The van der Waals surface area contributed by atoms with E-state index in [1.54, 1.807) is 0 Å². The highest BCUT2D eigenvalue weighted by Crippen LogP contribution is 2.20. The summed E-state index contributed by atoms with van der Waals surface area (Å²) < 4.78 is 0. The predicted molar refractivity (Wildman–Crippen MR) is 92.2 cm³/mol. The highest BCUT2D eigenvalue weighted by atomic mass is 16.2. The second-order valence-corrected chi connectivity index (χ2v) is 5.10. The molecule has 0 bridgehead atoms. The maximum Gasteiger partial charge on any atom is 0.319 e. The van der Waals surface area contributed by atoms with Gasteiger partial charge in [0.1, 0.15) is 0 Å². The number of nitrogens with one attached hydrogen (secondary N) is 3. The number of hydrogen-bond donors (Lipinski definition) is 3. The summed E-state index contributed by atoms with van der Waals surface area (Å²) in [5.41, 5.74) is 2.88. The third-order valence-electron chi connectivity index (χ3n) is 3.23.